The summed E-state index contributed by atoms with van der Waals surface area (Å²) in [4.78, 5) is 22.4. The van der Waals surface area contributed by atoms with Gasteiger partial charge in [-0.3, -0.25) is 4.79 Å². The zero-order chi connectivity index (χ0) is 15.0. The standard InChI is InChI=1S/C14H26N2O4/c1-10(2)6-11(7-13(17)18)8-15-14(19)16-9-12-4-3-5-20-12/h10-12H,3-9H2,1-2H3,(H,17,18)(H2,15,16,19). The van der Waals surface area contributed by atoms with Gasteiger partial charge in [-0.05, 0) is 31.1 Å². The predicted molar refractivity (Wildman–Crippen MR) is 75.6 cm³/mol. The number of carbonyl (C=O) groups excluding carboxylic acids is 1. The third-order valence-corrected chi connectivity index (χ3v) is 3.33. The maximum atomic E-state index is 11.7. The number of hydrogen-bond acceptors (Lipinski definition) is 3. The molecule has 20 heavy (non-hydrogen) atoms. The molecule has 0 bridgehead atoms. The first-order chi connectivity index (χ1) is 9.47. The average molecular weight is 286 g/mol. The van der Waals surface area contributed by atoms with Crippen molar-refractivity contribution in [1.29, 1.82) is 0 Å². The van der Waals surface area contributed by atoms with Gasteiger partial charge in [0.05, 0.1) is 6.10 Å². The van der Waals surface area contributed by atoms with E-state index in [0.29, 0.717) is 19.0 Å². The van der Waals surface area contributed by atoms with Gasteiger partial charge in [-0.15, -0.1) is 0 Å². The normalized spacial score (nSPS) is 19.9. The van der Waals surface area contributed by atoms with Crippen LogP contribution >= 0.6 is 0 Å². The van der Waals surface area contributed by atoms with Gasteiger partial charge in [0.1, 0.15) is 0 Å². The fraction of sp³-hybridized carbons (Fsp3) is 0.857. The summed E-state index contributed by atoms with van der Waals surface area (Å²) in [6, 6.07) is -0.250. The molecule has 2 atom stereocenters. The van der Waals surface area contributed by atoms with Crippen LogP contribution in [0.25, 0.3) is 0 Å². The SMILES string of the molecule is CC(C)CC(CNC(=O)NCC1CCCO1)CC(=O)O. The lowest BCUT2D eigenvalue weighted by molar-refractivity contribution is -0.138. The van der Waals surface area contributed by atoms with Crippen molar-refractivity contribution in [2.45, 2.75) is 45.6 Å². The van der Waals surface area contributed by atoms with E-state index in [1.165, 1.54) is 0 Å². The molecule has 0 saturated carbocycles. The summed E-state index contributed by atoms with van der Waals surface area (Å²) in [5, 5.41) is 14.4. The Morgan fingerprint density at radius 3 is 2.65 bits per heavy atom. The van der Waals surface area contributed by atoms with E-state index in [1.807, 2.05) is 13.8 Å². The molecule has 6 heteroatoms. The van der Waals surface area contributed by atoms with Gasteiger partial charge in [-0.2, -0.15) is 0 Å². The van der Waals surface area contributed by atoms with Crippen LogP contribution < -0.4 is 10.6 Å². The molecule has 1 aliphatic rings. The van der Waals surface area contributed by atoms with E-state index < -0.39 is 5.97 Å². The number of amides is 2. The zero-order valence-corrected chi connectivity index (χ0v) is 12.4. The molecule has 1 rings (SSSR count). The van der Waals surface area contributed by atoms with E-state index in [-0.39, 0.29) is 24.5 Å². The van der Waals surface area contributed by atoms with Crippen LogP contribution in [0.2, 0.25) is 0 Å². The van der Waals surface area contributed by atoms with Gasteiger partial charge in [-0.25, -0.2) is 4.79 Å². The van der Waals surface area contributed by atoms with Crippen molar-refractivity contribution in [2.75, 3.05) is 19.7 Å². The highest BCUT2D eigenvalue weighted by atomic mass is 16.5. The summed E-state index contributed by atoms with van der Waals surface area (Å²) in [5.41, 5.74) is 0. The van der Waals surface area contributed by atoms with E-state index in [0.717, 1.165) is 25.9 Å². The molecule has 1 heterocycles. The van der Waals surface area contributed by atoms with Crippen LogP contribution in [0.1, 0.15) is 39.5 Å². The highest BCUT2D eigenvalue weighted by Gasteiger charge is 2.18. The van der Waals surface area contributed by atoms with E-state index in [9.17, 15) is 9.59 Å². The molecule has 0 spiro atoms. The van der Waals surface area contributed by atoms with Crippen LogP contribution in [0.15, 0.2) is 0 Å². The summed E-state index contributed by atoms with van der Waals surface area (Å²) in [7, 11) is 0. The number of urea groups is 1. The van der Waals surface area contributed by atoms with Gasteiger partial charge in [0.2, 0.25) is 0 Å². The van der Waals surface area contributed by atoms with Crippen LogP contribution in [-0.4, -0.2) is 42.9 Å². The maximum Gasteiger partial charge on any atom is 0.314 e. The van der Waals surface area contributed by atoms with Crippen LogP contribution in [-0.2, 0) is 9.53 Å². The molecule has 1 aliphatic heterocycles. The van der Waals surface area contributed by atoms with Crippen molar-refractivity contribution in [2.24, 2.45) is 11.8 Å². The zero-order valence-electron chi connectivity index (χ0n) is 12.4. The lowest BCUT2D eigenvalue weighted by atomic mass is 9.94. The Hall–Kier alpha value is -1.30. The number of hydrogen-bond donors (Lipinski definition) is 3. The third kappa shape index (κ3) is 7.33. The first-order valence-corrected chi connectivity index (χ1v) is 7.32. The third-order valence-electron chi connectivity index (χ3n) is 3.33. The largest absolute Gasteiger partial charge is 0.481 e. The van der Waals surface area contributed by atoms with E-state index in [2.05, 4.69) is 10.6 Å². The molecule has 1 saturated heterocycles. The summed E-state index contributed by atoms with van der Waals surface area (Å²) in [5.74, 6) is -0.436. The molecule has 6 nitrogen and oxygen atoms in total. The Morgan fingerprint density at radius 1 is 1.35 bits per heavy atom. The molecule has 1 fully saturated rings. The van der Waals surface area contributed by atoms with Crippen molar-refractivity contribution in [1.82, 2.24) is 10.6 Å². The summed E-state index contributed by atoms with van der Waals surface area (Å²) < 4.78 is 5.41. The fourth-order valence-electron chi connectivity index (χ4n) is 2.46. The second-order valence-electron chi connectivity index (χ2n) is 5.82. The van der Waals surface area contributed by atoms with Gasteiger partial charge < -0.3 is 20.5 Å². The summed E-state index contributed by atoms with van der Waals surface area (Å²) in [6.07, 6.45) is 3.02. The molecule has 0 aromatic carbocycles. The van der Waals surface area contributed by atoms with E-state index in [1.54, 1.807) is 0 Å². The van der Waals surface area contributed by atoms with Crippen LogP contribution in [0.5, 0.6) is 0 Å². The van der Waals surface area contributed by atoms with Crippen molar-refractivity contribution in [3.05, 3.63) is 0 Å². The van der Waals surface area contributed by atoms with Gasteiger partial charge in [0.25, 0.3) is 0 Å². The number of nitrogens with one attached hydrogen (secondary N) is 2. The first-order valence-electron chi connectivity index (χ1n) is 7.32. The van der Waals surface area contributed by atoms with Crippen LogP contribution in [0, 0.1) is 11.8 Å². The second kappa shape index (κ2) is 8.79. The van der Waals surface area contributed by atoms with Crippen LogP contribution in [0.4, 0.5) is 4.79 Å². The van der Waals surface area contributed by atoms with E-state index >= 15 is 0 Å². The molecule has 116 valence electrons. The van der Waals surface area contributed by atoms with Gasteiger partial charge in [0, 0.05) is 26.1 Å². The van der Waals surface area contributed by atoms with Crippen molar-refractivity contribution in [3.63, 3.8) is 0 Å². The predicted octanol–water partition coefficient (Wildman–Crippen LogP) is 1.60. The first kappa shape index (κ1) is 16.8. The van der Waals surface area contributed by atoms with Crippen molar-refractivity contribution >= 4 is 12.0 Å². The monoisotopic (exact) mass is 286 g/mol. The maximum absolute atomic E-state index is 11.7. The minimum atomic E-state index is -0.822. The minimum absolute atomic E-state index is 0.0269. The van der Waals surface area contributed by atoms with Gasteiger partial charge in [-0.1, -0.05) is 13.8 Å². The Labute approximate surface area is 120 Å². The highest BCUT2D eigenvalue weighted by molar-refractivity contribution is 5.74. The molecule has 0 aromatic rings. The van der Waals surface area contributed by atoms with E-state index in [4.69, 9.17) is 9.84 Å². The Bertz CT molecular complexity index is 314. The van der Waals surface area contributed by atoms with Gasteiger partial charge >= 0.3 is 12.0 Å². The molecule has 0 aliphatic carbocycles. The molecule has 2 unspecified atom stereocenters. The number of carboxylic acids is 1. The Morgan fingerprint density at radius 2 is 2.10 bits per heavy atom. The molecule has 3 N–H and O–H groups in total. The summed E-state index contributed by atoms with van der Waals surface area (Å²) in [6.45, 7) is 5.77. The Balaban J connectivity index is 2.22. The molecule has 0 aromatic heterocycles. The van der Waals surface area contributed by atoms with Crippen molar-refractivity contribution < 1.29 is 19.4 Å². The second-order valence-corrected chi connectivity index (χ2v) is 5.82. The number of carbonyl (C=O) groups is 2. The number of rotatable bonds is 8. The molecule has 2 amide bonds. The van der Waals surface area contributed by atoms with Gasteiger partial charge in [0.15, 0.2) is 0 Å². The quantitative estimate of drug-likeness (QED) is 0.632. The Kier molecular flexibility index (Phi) is 7.36. The highest BCUT2D eigenvalue weighted by Crippen LogP contribution is 2.14. The smallest absolute Gasteiger partial charge is 0.314 e. The number of ether oxygens (including phenoxy) is 1. The number of carboxylic acid groups (broad SMARTS) is 1. The lowest BCUT2D eigenvalue weighted by Gasteiger charge is -2.18. The van der Waals surface area contributed by atoms with Crippen LogP contribution in [0.3, 0.4) is 0 Å². The lowest BCUT2D eigenvalue weighted by Crippen LogP contribution is -2.41. The average Bonchev–Trinajstić information content (AvgIpc) is 2.85. The topological polar surface area (TPSA) is 87.7 Å². The fourth-order valence-corrected chi connectivity index (χ4v) is 2.46. The molecular weight excluding hydrogens is 260 g/mol. The molecular formula is C14H26N2O4. The molecule has 0 radical (unpaired) electrons. The summed E-state index contributed by atoms with van der Waals surface area (Å²) >= 11 is 0. The number of aliphatic carboxylic acids is 1. The van der Waals surface area contributed by atoms with Crippen molar-refractivity contribution in [3.8, 4) is 0 Å². The minimum Gasteiger partial charge on any atom is -0.481 e.